The Kier molecular flexibility index (Phi) is 2.64. The van der Waals surface area contributed by atoms with E-state index in [1.807, 2.05) is 19.1 Å². The molecule has 0 saturated carbocycles. The van der Waals surface area contributed by atoms with Gasteiger partial charge in [0.2, 0.25) is 0 Å². The Balaban J connectivity index is 2.90. The Labute approximate surface area is 71.2 Å². The minimum atomic E-state index is -0.183. The molecular formula is C10H10O2. The summed E-state index contributed by atoms with van der Waals surface area (Å²) in [5, 5.41) is 8.35. The number of allylic oxidation sites excluding steroid dienone is 1. The molecule has 0 heterocycles. The van der Waals surface area contributed by atoms with Crippen molar-refractivity contribution in [3.8, 4) is 0 Å². The van der Waals surface area contributed by atoms with Crippen LogP contribution in [0, 0.1) is 6.92 Å². The van der Waals surface area contributed by atoms with Gasteiger partial charge >= 0.3 is 0 Å². The molecule has 0 unspecified atom stereocenters. The average Bonchev–Trinajstić information content (AvgIpc) is 2.06. The highest BCUT2D eigenvalue weighted by Gasteiger charge is 1.99. The fourth-order valence-electron chi connectivity index (χ4n) is 0.882. The first-order chi connectivity index (χ1) is 5.74. The van der Waals surface area contributed by atoms with E-state index in [0.29, 0.717) is 5.56 Å². The zero-order valence-electron chi connectivity index (χ0n) is 6.82. The van der Waals surface area contributed by atoms with Crippen LogP contribution in [0.1, 0.15) is 15.9 Å². The Morgan fingerprint density at radius 3 is 2.42 bits per heavy atom. The van der Waals surface area contributed by atoms with Crippen molar-refractivity contribution in [3.05, 3.63) is 47.7 Å². The second-order valence-electron chi connectivity index (χ2n) is 2.55. The van der Waals surface area contributed by atoms with Crippen LogP contribution in [0.15, 0.2) is 36.6 Å². The van der Waals surface area contributed by atoms with Crippen LogP contribution in [0.3, 0.4) is 0 Å². The molecule has 0 saturated heterocycles. The molecule has 0 amide bonds. The number of carbonyl (C=O) groups excluding carboxylic acids is 1. The van der Waals surface area contributed by atoms with Crippen LogP contribution >= 0.6 is 0 Å². The van der Waals surface area contributed by atoms with Crippen LogP contribution in [-0.2, 0) is 0 Å². The van der Waals surface area contributed by atoms with Crippen molar-refractivity contribution in [2.45, 2.75) is 6.92 Å². The van der Waals surface area contributed by atoms with Crippen LogP contribution in [0.25, 0.3) is 0 Å². The predicted octanol–water partition coefficient (Wildman–Crippen LogP) is 2.25. The Morgan fingerprint density at radius 1 is 1.33 bits per heavy atom. The van der Waals surface area contributed by atoms with Gasteiger partial charge in [-0.25, -0.2) is 0 Å². The lowest BCUT2D eigenvalue weighted by Crippen LogP contribution is -1.93. The number of hydrogen-bond acceptors (Lipinski definition) is 2. The summed E-state index contributed by atoms with van der Waals surface area (Å²) in [5.74, 6) is -0.183. The zero-order valence-corrected chi connectivity index (χ0v) is 6.82. The largest absolute Gasteiger partial charge is 0.515 e. The van der Waals surface area contributed by atoms with Gasteiger partial charge in [0.25, 0.3) is 0 Å². The van der Waals surface area contributed by atoms with Crippen LogP contribution in [-0.4, -0.2) is 10.9 Å². The Bertz CT molecular complexity index is 296. The minimum Gasteiger partial charge on any atom is -0.515 e. The maximum atomic E-state index is 11.1. The summed E-state index contributed by atoms with van der Waals surface area (Å²) in [4.78, 5) is 11.1. The van der Waals surface area contributed by atoms with Gasteiger partial charge < -0.3 is 5.11 Å². The number of aliphatic hydroxyl groups excluding tert-OH is 1. The number of carbonyl (C=O) groups is 1. The third kappa shape index (κ3) is 1.95. The molecule has 0 fully saturated rings. The van der Waals surface area contributed by atoms with E-state index >= 15 is 0 Å². The quantitative estimate of drug-likeness (QED) is 0.411. The molecule has 1 aromatic rings. The lowest BCUT2D eigenvalue weighted by molar-refractivity contribution is 0.104. The average molecular weight is 162 g/mol. The lowest BCUT2D eigenvalue weighted by Gasteiger charge is -1.95. The van der Waals surface area contributed by atoms with E-state index in [0.717, 1.165) is 17.9 Å². The second-order valence-corrected chi connectivity index (χ2v) is 2.55. The summed E-state index contributed by atoms with van der Waals surface area (Å²) in [6.07, 6.45) is 1.88. The van der Waals surface area contributed by atoms with Crippen LogP contribution in [0.5, 0.6) is 0 Å². The van der Waals surface area contributed by atoms with Crippen LogP contribution < -0.4 is 0 Å². The number of aryl methyl sites for hydroxylation is 1. The van der Waals surface area contributed by atoms with E-state index < -0.39 is 0 Å². The van der Waals surface area contributed by atoms with Crippen molar-refractivity contribution in [3.63, 3.8) is 0 Å². The molecular weight excluding hydrogens is 152 g/mol. The molecule has 2 heteroatoms. The third-order valence-corrected chi connectivity index (χ3v) is 1.56. The molecule has 2 nitrogen and oxygen atoms in total. The molecule has 0 aromatic heterocycles. The van der Waals surface area contributed by atoms with Gasteiger partial charge in [0.15, 0.2) is 5.78 Å². The topological polar surface area (TPSA) is 37.3 Å². The molecule has 1 N–H and O–H groups in total. The molecule has 0 bridgehead atoms. The Hall–Kier alpha value is -1.57. The summed E-state index contributed by atoms with van der Waals surface area (Å²) in [6, 6.07) is 7.19. The summed E-state index contributed by atoms with van der Waals surface area (Å²) >= 11 is 0. The van der Waals surface area contributed by atoms with Gasteiger partial charge in [0.1, 0.15) is 0 Å². The SMILES string of the molecule is Cc1ccc(C(=O)/C=C/O)cc1. The minimum absolute atomic E-state index is 0.183. The first-order valence-corrected chi connectivity index (χ1v) is 3.66. The van der Waals surface area contributed by atoms with Crippen LogP contribution in [0.4, 0.5) is 0 Å². The molecule has 0 aliphatic heterocycles. The summed E-state index contributed by atoms with van der Waals surface area (Å²) in [5.41, 5.74) is 1.70. The van der Waals surface area contributed by atoms with Gasteiger partial charge in [-0.05, 0) is 6.92 Å². The predicted molar refractivity (Wildman–Crippen MR) is 47.3 cm³/mol. The van der Waals surface area contributed by atoms with Gasteiger partial charge in [0, 0.05) is 11.6 Å². The molecule has 0 radical (unpaired) electrons. The van der Waals surface area contributed by atoms with E-state index in [9.17, 15) is 4.79 Å². The molecule has 1 rings (SSSR count). The van der Waals surface area contributed by atoms with Crippen molar-refractivity contribution in [1.29, 1.82) is 0 Å². The number of aliphatic hydroxyl groups is 1. The smallest absolute Gasteiger partial charge is 0.188 e. The van der Waals surface area contributed by atoms with Gasteiger partial charge in [-0.3, -0.25) is 4.79 Å². The van der Waals surface area contributed by atoms with Crippen molar-refractivity contribution >= 4 is 5.78 Å². The fourth-order valence-corrected chi connectivity index (χ4v) is 0.882. The van der Waals surface area contributed by atoms with Crippen molar-refractivity contribution in [1.82, 2.24) is 0 Å². The summed E-state index contributed by atoms with van der Waals surface area (Å²) in [7, 11) is 0. The van der Waals surface area contributed by atoms with Crippen molar-refractivity contribution in [2.75, 3.05) is 0 Å². The highest BCUT2D eigenvalue weighted by Crippen LogP contribution is 2.04. The fraction of sp³-hybridized carbons (Fsp3) is 0.100. The monoisotopic (exact) mass is 162 g/mol. The van der Waals surface area contributed by atoms with Crippen molar-refractivity contribution < 1.29 is 9.90 Å². The molecule has 62 valence electrons. The number of benzene rings is 1. The number of ketones is 1. The van der Waals surface area contributed by atoms with Gasteiger partial charge in [-0.15, -0.1) is 0 Å². The molecule has 0 aliphatic carbocycles. The first kappa shape index (κ1) is 8.53. The van der Waals surface area contributed by atoms with Crippen LogP contribution in [0.2, 0.25) is 0 Å². The molecule has 12 heavy (non-hydrogen) atoms. The summed E-state index contributed by atoms with van der Waals surface area (Å²) < 4.78 is 0. The molecule has 0 aliphatic rings. The first-order valence-electron chi connectivity index (χ1n) is 3.66. The highest BCUT2D eigenvalue weighted by molar-refractivity contribution is 6.04. The van der Waals surface area contributed by atoms with Gasteiger partial charge in [-0.1, -0.05) is 29.8 Å². The Morgan fingerprint density at radius 2 is 1.92 bits per heavy atom. The number of hydrogen-bond donors (Lipinski definition) is 1. The standard InChI is InChI=1S/C10H10O2/c1-8-2-4-9(5-3-8)10(12)6-7-11/h2-7,11H,1H3/b7-6+. The van der Waals surface area contributed by atoms with Gasteiger partial charge in [-0.2, -0.15) is 0 Å². The van der Waals surface area contributed by atoms with E-state index in [1.54, 1.807) is 12.1 Å². The lowest BCUT2D eigenvalue weighted by atomic mass is 10.1. The van der Waals surface area contributed by atoms with Crippen molar-refractivity contribution in [2.24, 2.45) is 0 Å². The van der Waals surface area contributed by atoms with E-state index in [2.05, 4.69) is 0 Å². The molecule has 1 aromatic carbocycles. The maximum Gasteiger partial charge on any atom is 0.188 e. The zero-order chi connectivity index (χ0) is 8.97. The third-order valence-electron chi connectivity index (χ3n) is 1.56. The normalized spacial score (nSPS) is 10.4. The van der Waals surface area contributed by atoms with Gasteiger partial charge in [0.05, 0.1) is 6.26 Å². The number of rotatable bonds is 2. The van der Waals surface area contributed by atoms with E-state index in [1.165, 1.54) is 0 Å². The molecule has 0 atom stereocenters. The second kappa shape index (κ2) is 3.72. The maximum absolute atomic E-state index is 11.1. The van der Waals surface area contributed by atoms with E-state index in [4.69, 9.17) is 5.11 Å². The van der Waals surface area contributed by atoms with E-state index in [-0.39, 0.29) is 5.78 Å². The summed E-state index contributed by atoms with van der Waals surface area (Å²) in [6.45, 7) is 1.95. The molecule has 0 spiro atoms. The highest BCUT2D eigenvalue weighted by atomic mass is 16.2.